The molecule has 0 saturated carbocycles. The molecule has 0 aliphatic carbocycles. The van der Waals surface area contributed by atoms with Crippen LogP contribution in [0.4, 0.5) is 0 Å². The minimum atomic E-state index is 0.133. The molecular weight excluding hydrogens is 312 g/mol. The van der Waals surface area contributed by atoms with Crippen molar-refractivity contribution in [2.24, 2.45) is 0 Å². The fourth-order valence-corrected chi connectivity index (χ4v) is 3.94. The molecule has 0 aromatic heterocycles. The Balaban J connectivity index is 2.43. The van der Waals surface area contributed by atoms with Gasteiger partial charge in [-0.1, -0.05) is 101 Å². The predicted molar refractivity (Wildman–Crippen MR) is 115 cm³/mol. The number of benzene rings is 3. The first-order chi connectivity index (χ1) is 12.4. The van der Waals surface area contributed by atoms with Crippen LogP contribution in [0.5, 0.6) is 0 Å². The van der Waals surface area contributed by atoms with E-state index in [1.807, 2.05) is 0 Å². The molecule has 0 heteroatoms. The first-order valence-corrected chi connectivity index (χ1v) is 9.71. The van der Waals surface area contributed by atoms with Crippen molar-refractivity contribution in [3.63, 3.8) is 0 Å². The molecule has 0 spiro atoms. The van der Waals surface area contributed by atoms with E-state index in [-0.39, 0.29) is 5.41 Å². The summed E-state index contributed by atoms with van der Waals surface area (Å²) in [5, 5.41) is 0. The summed E-state index contributed by atoms with van der Waals surface area (Å²) in [5.74, 6) is 0. The lowest BCUT2D eigenvalue weighted by Crippen LogP contribution is -2.16. The van der Waals surface area contributed by atoms with E-state index in [2.05, 4.69) is 101 Å². The van der Waals surface area contributed by atoms with Gasteiger partial charge in [0.05, 0.1) is 0 Å². The number of hydrogen-bond donors (Lipinski definition) is 0. The molecule has 134 valence electrons. The van der Waals surface area contributed by atoms with E-state index in [1.54, 1.807) is 0 Å². The zero-order valence-electron chi connectivity index (χ0n) is 16.8. The minimum absolute atomic E-state index is 0.133. The maximum Gasteiger partial charge on any atom is -0.00677 e. The molecule has 0 amide bonds. The van der Waals surface area contributed by atoms with Gasteiger partial charge >= 0.3 is 0 Å². The molecule has 3 rings (SSSR count). The summed E-state index contributed by atoms with van der Waals surface area (Å²) in [6, 6.07) is 24.2. The van der Waals surface area contributed by atoms with Gasteiger partial charge in [-0.3, -0.25) is 0 Å². The average molecular weight is 343 g/mol. The summed E-state index contributed by atoms with van der Waals surface area (Å²) in [4.78, 5) is 0. The highest BCUT2D eigenvalue weighted by molar-refractivity contribution is 5.89. The third kappa shape index (κ3) is 3.60. The lowest BCUT2D eigenvalue weighted by atomic mass is 9.76. The van der Waals surface area contributed by atoms with Crippen LogP contribution in [0.2, 0.25) is 0 Å². The van der Waals surface area contributed by atoms with Gasteiger partial charge in [0.1, 0.15) is 0 Å². The maximum atomic E-state index is 2.43. The molecule has 3 aromatic carbocycles. The highest BCUT2D eigenvalue weighted by atomic mass is 14.3. The molecule has 0 fully saturated rings. The highest BCUT2D eigenvalue weighted by Gasteiger charge is 2.24. The normalized spacial score (nSPS) is 11.6. The molecule has 0 unspecified atom stereocenters. The Morgan fingerprint density at radius 3 is 1.69 bits per heavy atom. The zero-order valence-corrected chi connectivity index (χ0v) is 16.8. The lowest BCUT2D eigenvalue weighted by Gasteiger charge is -2.29. The van der Waals surface area contributed by atoms with Gasteiger partial charge in [0.2, 0.25) is 0 Å². The number of aryl methyl sites for hydroxylation is 1. The Morgan fingerprint density at radius 1 is 0.731 bits per heavy atom. The van der Waals surface area contributed by atoms with E-state index >= 15 is 0 Å². The van der Waals surface area contributed by atoms with Crippen molar-refractivity contribution in [1.29, 1.82) is 0 Å². The molecule has 0 radical (unpaired) electrons. The summed E-state index contributed by atoms with van der Waals surface area (Å²) < 4.78 is 0. The fourth-order valence-electron chi connectivity index (χ4n) is 3.94. The second-order valence-electron chi connectivity index (χ2n) is 8.20. The summed E-state index contributed by atoms with van der Waals surface area (Å²) in [6.07, 6.45) is 2.26. The van der Waals surface area contributed by atoms with E-state index in [1.165, 1.54) is 38.9 Å². The molecular formula is C26H30. The Labute approximate surface area is 158 Å². The third-order valence-corrected chi connectivity index (χ3v) is 5.07. The summed E-state index contributed by atoms with van der Waals surface area (Å²) >= 11 is 0. The van der Waals surface area contributed by atoms with Crippen LogP contribution in [-0.2, 0) is 11.8 Å². The van der Waals surface area contributed by atoms with Gasteiger partial charge in [0.15, 0.2) is 0 Å². The summed E-state index contributed by atoms with van der Waals surface area (Å²) in [7, 11) is 0. The number of rotatable bonds is 4. The number of hydrogen-bond acceptors (Lipinski definition) is 0. The molecule has 26 heavy (non-hydrogen) atoms. The second-order valence-corrected chi connectivity index (χ2v) is 8.20. The van der Waals surface area contributed by atoms with Gasteiger partial charge in [-0.25, -0.2) is 0 Å². The first-order valence-electron chi connectivity index (χ1n) is 9.71. The molecule has 0 aliphatic heterocycles. The van der Waals surface area contributed by atoms with Gasteiger partial charge < -0.3 is 0 Å². The van der Waals surface area contributed by atoms with E-state index < -0.39 is 0 Å². The van der Waals surface area contributed by atoms with Crippen LogP contribution < -0.4 is 0 Å². The van der Waals surface area contributed by atoms with Crippen molar-refractivity contribution >= 4 is 0 Å². The largest absolute Gasteiger partial charge is 0.0651 e. The van der Waals surface area contributed by atoms with Crippen molar-refractivity contribution in [1.82, 2.24) is 0 Å². The van der Waals surface area contributed by atoms with E-state index in [9.17, 15) is 0 Å². The van der Waals surface area contributed by atoms with Crippen LogP contribution in [0.1, 0.15) is 50.8 Å². The third-order valence-electron chi connectivity index (χ3n) is 5.07. The molecule has 0 heterocycles. The van der Waals surface area contributed by atoms with Crippen LogP contribution >= 0.6 is 0 Å². The second kappa shape index (κ2) is 7.50. The maximum absolute atomic E-state index is 2.43. The molecule has 0 nitrogen and oxygen atoms in total. The molecule has 0 N–H and O–H groups in total. The van der Waals surface area contributed by atoms with E-state index in [4.69, 9.17) is 0 Å². The van der Waals surface area contributed by atoms with E-state index in [0.717, 1.165) is 12.8 Å². The van der Waals surface area contributed by atoms with Crippen molar-refractivity contribution in [3.05, 3.63) is 83.4 Å². The van der Waals surface area contributed by atoms with Crippen molar-refractivity contribution < 1.29 is 0 Å². The summed E-state index contributed by atoms with van der Waals surface area (Å²) in [5.41, 5.74) is 9.92. The van der Waals surface area contributed by atoms with Gasteiger partial charge in [0.25, 0.3) is 0 Å². The molecule has 0 aliphatic rings. The van der Waals surface area contributed by atoms with Crippen LogP contribution in [-0.4, -0.2) is 0 Å². The highest BCUT2D eigenvalue weighted by Crippen LogP contribution is 2.42. The van der Waals surface area contributed by atoms with Gasteiger partial charge in [-0.2, -0.15) is 0 Å². The standard InChI is InChI=1S/C26H30/c1-6-13-22-23(26(3,4)5)18-19(2)24(20-14-9-7-10-15-20)25(22)21-16-11-8-12-17-21/h7-12,14-18H,6,13H2,1-5H3. The van der Waals surface area contributed by atoms with Crippen LogP contribution in [0, 0.1) is 6.92 Å². The van der Waals surface area contributed by atoms with Gasteiger partial charge in [-0.15, -0.1) is 0 Å². The van der Waals surface area contributed by atoms with Crippen LogP contribution in [0.15, 0.2) is 66.7 Å². The lowest BCUT2D eigenvalue weighted by molar-refractivity contribution is 0.581. The molecule has 3 aromatic rings. The van der Waals surface area contributed by atoms with Crippen molar-refractivity contribution in [2.45, 2.75) is 52.9 Å². The fraction of sp³-hybridized carbons (Fsp3) is 0.308. The Hall–Kier alpha value is -2.34. The average Bonchev–Trinajstić information content (AvgIpc) is 2.63. The monoisotopic (exact) mass is 342 g/mol. The topological polar surface area (TPSA) is 0 Å². The molecule has 0 saturated heterocycles. The minimum Gasteiger partial charge on any atom is -0.0651 e. The van der Waals surface area contributed by atoms with Crippen molar-refractivity contribution in [2.75, 3.05) is 0 Å². The SMILES string of the molecule is CCCc1c(C(C)(C)C)cc(C)c(-c2ccccc2)c1-c1ccccc1. The first kappa shape index (κ1) is 18.5. The van der Waals surface area contributed by atoms with Crippen LogP contribution in [0.25, 0.3) is 22.3 Å². The Kier molecular flexibility index (Phi) is 5.32. The Bertz CT molecular complexity index is 865. The molecule has 0 bridgehead atoms. The van der Waals surface area contributed by atoms with Crippen LogP contribution in [0.3, 0.4) is 0 Å². The van der Waals surface area contributed by atoms with Gasteiger partial charge in [0, 0.05) is 0 Å². The Morgan fingerprint density at radius 2 is 1.23 bits per heavy atom. The quantitative estimate of drug-likeness (QED) is 0.458. The van der Waals surface area contributed by atoms with Gasteiger partial charge in [-0.05, 0) is 57.7 Å². The van der Waals surface area contributed by atoms with E-state index in [0.29, 0.717) is 0 Å². The predicted octanol–water partition coefficient (Wildman–Crippen LogP) is 7.58. The zero-order chi connectivity index (χ0) is 18.7. The van der Waals surface area contributed by atoms with Crippen molar-refractivity contribution in [3.8, 4) is 22.3 Å². The smallest absolute Gasteiger partial charge is 0.00677 e. The molecule has 0 atom stereocenters. The summed E-state index contributed by atoms with van der Waals surface area (Å²) in [6.45, 7) is 11.5.